The molecular weight excluding hydrogens is 265 g/mol. The summed E-state index contributed by atoms with van der Waals surface area (Å²) in [5.74, 6) is 2.56. The predicted molar refractivity (Wildman–Crippen MR) is 71.4 cm³/mol. The Morgan fingerprint density at radius 3 is 2.20 bits per heavy atom. The summed E-state index contributed by atoms with van der Waals surface area (Å²) in [5.41, 5.74) is 4.61. The lowest BCUT2D eigenvalue weighted by molar-refractivity contribution is 0.491. The van der Waals surface area contributed by atoms with Crippen LogP contribution in [0.5, 0.6) is 0 Å². The first-order valence-corrected chi connectivity index (χ1v) is 6.12. The van der Waals surface area contributed by atoms with Gasteiger partial charge in [-0.05, 0) is 30.5 Å². The summed E-state index contributed by atoms with van der Waals surface area (Å²) in [7, 11) is 0. The molecule has 0 radical (unpaired) electrons. The van der Waals surface area contributed by atoms with Crippen molar-refractivity contribution in [3.63, 3.8) is 0 Å². The van der Waals surface area contributed by atoms with Gasteiger partial charge in [0.15, 0.2) is 0 Å². The molecule has 0 heterocycles. The fourth-order valence-electron chi connectivity index (χ4n) is 2.24. The van der Waals surface area contributed by atoms with Crippen LogP contribution in [0.1, 0.15) is 28.3 Å². The van der Waals surface area contributed by atoms with Crippen molar-refractivity contribution in [1.82, 2.24) is 5.43 Å². The molecule has 0 aliphatic carbocycles. The number of nitrogens with one attached hydrogen (secondary N) is 1. The topological polar surface area (TPSA) is 38.0 Å². The van der Waals surface area contributed by atoms with Crippen LogP contribution in [-0.4, -0.2) is 0 Å². The van der Waals surface area contributed by atoms with Crippen molar-refractivity contribution in [2.45, 2.75) is 19.9 Å². The molecule has 0 amide bonds. The van der Waals surface area contributed by atoms with Crippen molar-refractivity contribution in [2.75, 3.05) is 0 Å². The van der Waals surface area contributed by atoms with Crippen molar-refractivity contribution < 1.29 is 13.2 Å². The molecule has 2 nitrogen and oxygen atoms in total. The zero-order valence-electron chi connectivity index (χ0n) is 11.2. The van der Waals surface area contributed by atoms with Crippen LogP contribution < -0.4 is 11.3 Å². The van der Waals surface area contributed by atoms with Gasteiger partial charge in [-0.1, -0.05) is 18.2 Å². The van der Waals surface area contributed by atoms with Crippen molar-refractivity contribution in [3.05, 3.63) is 70.0 Å². The maximum Gasteiger partial charge on any atom is 0.134 e. The molecule has 5 heteroatoms. The van der Waals surface area contributed by atoms with Crippen molar-refractivity contribution in [1.29, 1.82) is 0 Å². The van der Waals surface area contributed by atoms with E-state index in [4.69, 9.17) is 5.84 Å². The summed E-state index contributed by atoms with van der Waals surface area (Å²) < 4.78 is 40.8. The monoisotopic (exact) mass is 280 g/mol. The van der Waals surface area contributed by atoms with Gasteiger partial charge < -0.3 is 0 Å². The molecule has 2 aromatic carbocycles. The molecular formula is C15H15F3N2. The third-order valence-corrected chi connectivity index (χ3v) is 3.46. The number of benzene rings is 2. The maximum absolute atomic E-state index is 13.9. The van der Waals surface area contributed by atoms with Crippen LogP contribution in [0.25, 0.3) is 0 Å². The standard InChI is InChI=1S/C15H15F3N2/c1-8-4-3-5-11(9(8)2)15(20-19)14-12(17)6-10(16)7-13(14)18/h3-7,15,20H,19H2,1-2H3. The van der Waals surface area contributed by atoms with E-state index in [0.29, 0.717) is 17.7 Å². The molecule has 20 heavy (non-hydrogen) atoms. The third kappa shape index (κ3) is 2.55. The highest BCUT2D eigenvalue weighted by Crippen LogP contribution is 2.30. The smallest absolute Gasteiger partial charge is 0.134 e. The second kappa shape index (κ2) is 5.64. The molecule has 2 rings (SSSR count). The maximum atomic E-state index is 13.9. The van der Waals surface area contributed by atoms with Gasteiger partial charge in [0.05, 0.1) is 6.04 Å². The predicted octanol–water partition coefficient (Wildman–Crippen LogP) is 3.27. The lowest BCUT2D eigenvalue weighted by Gasteiger charge is -2.21. The van der Waals surface area contributed by atoms with Crippen LogP contribution in [0.2, 0.25) is 0 Å². The molecule has 0 aliphatic heterocycles. The van der Waals surface area contributed by atoms with Crippen LogP contribution in [0.15, 0.2) is 30.3 Å². The minimum atomic E-state index is -0.966. The molecule has 3 N–H and O–H groups in total. The van der Waals surface area contributed by atoms with Gasteiger partial charge in [-0.3, -0.25) is 5.84 Å². The first kappa shape index (κ1) is 14.6. The number of halogens is 3. The van der Waals surface area contributed by atoms with Crippen LogP contribution in [0, 0.1) is 31.3 Å². The summed E-state index contributed by atoms with van der Waals surface area (Å²) in [6, 6.07) is 5.82. The lowest BCUT2D eigenvalue weighted by atomic mass is 9.92. The Morgan fingerprint density at radius 1 is 1.05 bits per heavy atom. The normalized spacial score (nSPS) is 12.5. The Labute approximate surface area is 115 Å². The Bertz CT molecular complexity index is 618. The van der Waals surface area contributed by atoms with E-state index >= 15 is 0 Å². The average Bonchev–Trinajstić information content (AvgIpc) is 2.37. The number of aryl methyl sites for hydroxylation is 1. The molecule has 0 aromatic heterocycles. The quantitative estimate of drug-likeness (QED) is 0.669. The van der Waals surface area contributed by atoms with Gasteiger partial charge in [0.1, 0.15) is 17.5 Å². The number of rotatable bonds is 3. The Balaban J connectivity index is 2.62. The van der Waals surface area contributed by atoms with E-state index in [9.17, 15) is 13.2 Å². The summed E-state index contributed by atoms with van der Waals surface area (Å²) in [6.07, 6.45) is 0. The molecule has 0 saturated heterocycles. The molecule has 0 spiro atoms. The van der Waals surface area contributed by atoms with Crippen molar-refractivity contribution in [2.24, 2.45) is 5.84 Å². The largest absolute Gasteiger partial charge is 0.271 e. The van der Waals surface area contributed by atoms with Crippen LogP contribution in [0.4, 0.5) is 13.2 Å². The molecule has 1 atom stereocenters. The highest BCUT2D eigenvalue weighted by Gasteiger charge is 2.23. The first-order valence-electron chi connectivity index (χ1n) is 6.12. The van der Waals surface area contributed by atoms with Crippen LogP contribution in [0.3, 0.4) is 0 Å². The van der Waals surface area contributed by atoms with Gasteiger partial charge >= 0.3 is 0 Å². The van der Waals surface area contributed by atoms with Crippen LogP contribution in [-0.2, 0) is 0 Å². The van der Waals surface area contributed by atoms with E-state index in [1.807, 2.05) is 19.9 Å². The van der Waals surface area contributed by atoms with Crippen molar-refractivity contribution >= 4 is 0 Å². The zero-order valence-corrected chi connectivity index (χ0v) is 11.2. The Morgan fingerprint density at radius 2 is 1.65 bits per heavy atom. The molecule has 0 saturated carbocycles. The zero-order chi connectivity index (χ0) is 14.9. The summed E-state index contributed by atoms with van der Waals surface area (Å²) in [5, 5.41) is 0. The van der Waals surface area contributed by atoms with E-state index in [0.717, 1.165) is 11.1 Å². The van der Waals surface area contributed by atoms with E-state index in [1.54, 1.807) is 12.1 Å². The van der Waals surface area contributed by atoms with Gasteiger partial charge in [0.2, 0.25) is 0 Å². The van der Waals surface area contributed by atoms with E-state index in [1.165, 1.54) is 0 Å². The van der Waals surface area contributed by atoms with Gasteiger partial charge in [0, 0.05) is 17.7 Å². The first-order chi connectivity index (χ1) is 9.45. The highest BCUT2D eigenvalue weighted by atomic mass is 19.1. The third-order valence-electron chi connectivity index (χ3n) is 3.46. The molecule has 0 bridgehead atoms. The Kier molecular flexibility index (Phi) is 4.11. The fraction of sp³-hybridized carbons (Fsp3) is 0.200. The highest BCUT2D eigenvalue weighted by molar-refractivity contribution is 5.41. The van der Waals surface area contributed by atoms with Crippen molar-refractivity contribution in [3.8, 4) is 0 Å². The van der Waals surface area contributed by atoms with E-state index < -0.39 is 23.5 Å². The molecule has 0 aliphatic rings. The van der Waals surface area contributed by atoms with Gasteiger partial charge in [-0.25, -0.2) is 18.6 Å². The fourth-order valence-corrected chi connectivity index (χ4v) is 2.24. The summed E-state index contributed by atoms with van der Waals surface area (Å²) in [6.45, 7) is 3.73. The lowest BCUT2D eigenvalue weighted by Crippen LogP contribution is -2.31. The minimum Gasteiger partial charge on any atom is -0.271 e. The number of hydrogen-bond acceptors (Lipinski definition) is 2. The van der Waals surface area contributed by atoms with Gasteiger partial charge in [0.25, 0.3) is 0 Å². The van der Waals surface area contributed by atoms with E-state index in [-0.39, 0.29) is 5.56 Å². The SMILES string of the molecule is Cc1cccc(C(NN)c2c(F)cc(F)cc2F)c1C. The second-order valence-corrected chi connectivity index (χ2v) is 4.67. The molecule has 1 unspecified atom stereocenters. The number of hydrazine groups is 1. The number of hydrogen-bond donors (Lipinski definition) is 2. The van der Waals surface area contributed by atoms with Crippen LogP contribution >= 0.6 is 0 Å². The van der Waals surface area contributed by atoms with Gasteiger partial charge in [-0.15, -0.1) is 0 Å². The second-order valence-electron chi connectivity index (χ2n) is 4.67. The molecule has 0 fully saturated rings. The Hall–Kier alpha value is -1.85. The average molecular weight is 280 g/mol. The number of nitrogens with two attached hydrogens (primary N) is 1. The minimum absolute atomic E-state index is 0.289. The molecule has 106 valence electrons. The van der Waals surface area contributed by atoms with E-state index in [2.05, 4.69) is 5.43 Å². The summed E-state index contributed by atoms with van der Waals surface area (Å²) in [4.78, 5) is 0. The molecule has 2 aromatic rings. The summed E-state index contributed by atoms with van der Waals surface area (Å²) >= 11 is 0. The van der Waals surface area contributed by atoms with Gasteiger partial charge in [-0.2, -0.15) is 0 Å².